The number of sulfonamides is 1. The topological polar surface area (TPSA) is 105 Å². The van der Waals surface area contributed by atoms with Gasteiger partial charge in [-0.05, 0) is 84.7 Å². The number of benzene rings is 3. The van der Waals surface area contributed by atoms with Crippen molar-refractivity contribution in [3.8, 4) is 11.5 Å². The highest BCUT2D eigenvalue weighted by atomic mass is 79.9. The number of nitrogens with zero attached hydrogens (tertiary/aromatic N) is 2. The van der Waals surface area contributed by atoms with Gasteiger partial charge in [0.05, 0.1) is 29.3 Å². The predicted octanol–water partition coefficient (Wildman–Crippen LogP) is 4.52. The number of anilines is 1. The lowest BCUT2D eigenvalue weighted by molar-refractivity contribution is -0.139. The van der Waals surface area contributed by atoms with Crippen LogP contribution in [0.3, 0.4) is 0 Å². The third-order valence-corrected chi connectivity index (χ3v) is 8.71. The molecule has 9 nitrogen and oxygen atoms in total. The maximum absolute atomic E-state index is 14.0. The fraction of sp³-hybridized carbons (Fsp3) is 0.310. The van der Waals surface area contributed by atoms with Gasteiger partial charge in [0.25, 0.3) is 10.0 Å². The molecular weight excluding hydrogens is 598 g/mol. The van der Waals surface area contributed by atoms with Crippen molar-refractivity contribution in [3.63, 3.8) is 0 Å². The van der Waals surface area contributed by atoms with E-state index in [-0.39, 0.29) is 17.3 Å². The SMILES string of the molecule is CCNC(=O)[C@H](C)N(Cc1cccc(OC)c1)C(=O)CN(c1ccc(C)cc1)S(=O)(=O)c1ccc(OC)c(Br)c1. The summed E-state index contributed by atoms with van der Waals surface area (Å²) in [6, 6.07) is 17.5. The van der Waals surface area contributed by atoms with E-state index in [9.17, 15) is 18.0 Å². The van der Waals surface area contributed by atoms with Crippen LogP contribution < -0.4 is 19.1 Å². The summed E-state index contributed by atoms with van der Waals surface area (Å²) in [5.41, 5.74) is 1.98. The normalized spacial score (nSPS) is 11.8. The Morgan fingerprint density at radius 2 is 1.70 bits per heavy atom. The number of halogens is 1. The number of hydrogen-bond donors (Lipinski definition) is 1. The summed E-state index contributed by atoms with van der Waals surface area (Å²) in [7, 11) is -1.18. The van der Waals surface area contributed by atoms with E-state index in [4.69, 9.17) is 9.47 Å². The Labute approximate surface area is 244 Å². The second-order valence-electron chi connectivity index (χ2n) is 9.09. The van der Waals surface area contributed by atoms with Gasteiger partial charge in [0, 0.05) is 13.1 Å². The molecule has 2 amide bonds. The molecular formula is C29H34BrN3O6S. The standard InChI is InChI=1S/C29H34BrN3O6S/c1-6-31-29(35)21(3)32(18-22-8-7-9-24(16-22)38-4)28(34)19-33(23-12-10-20(2)11-13-23)40(36,37)25-14-15-27(39-5)26(30)17-25/h7-17,21H,6,18-19H2,1-5H3,(H,31,35)/t21-/m0/s1. The van der Waals surface area contributed by atoms with Gasteiger partial charge in [0.15, 0.2) is 0 Å². The predicted molar refractivity (Wildman–Crippen MR) is 158 cm³/mol. The molecule has 3 rings (SSSR count). The first-order valence-corrected chi connectivity index (χ1v) is 14.9. The van der Waals surface area contributed by atoms with Crippen LogP contribution in [0.4, 0.5) is 5.69 Å². The quantitative estimate of drug-likeness (QED) is 0.315. The molecule has 40 heavy (non-hydrogen) atoms. The lowest BCUT2D eigenvalue weighted by atomic mass is 10.1. The molecule has 0 saturated heterocycles. The van der Waals surface area contributed by atoms with Gasteiger partial charge in [-0.1, -0.05) is 29.8 Å². The summed E-state index contributed by atoms with van der Waals surface area (Å²) >= 11 is 3.35. The molecule has 0 bridgehead atoms. The molecule has 11 heteroatoms. The second kappa shape index (κ2) is 13.7. The molecule has 3 aromatic carbocycles. The van der Waals surface area contributed by atoms with E-state index in [1.54, 1.807) is 69.5 Å². The fourth-order valence-electron chi connectivity index (χ4n) is 4.05. The van der Waals surface area contributed by atoms with E-state index in [0.717, 1.165) is 15.4 Å². The summed E-state index contributed by atoms with van der Waals surface area (Å²) in [5.74, 6) is 0.183. The minimum absolute atomic E-state index is 0.0235. The van der Waals surface area contributed by atoms with Gasteiger partial charge in [0.1, 0.15) is 24.1 Å². The zero-order valence-electron chi connectivity index (χ0n) is 23.2. The average Bonchev–Trinajstić information content (AvgIpc) is 2.94. The molecule has 0 fully saturated rings. The summed E-state index contributed by atoms with van der Waals surface area (Å²) in [4.78, 5) is 28.1. The van der Waals surface area contributed by atoms with Crippen LogP contribution in [0.15, 0.2) is 76.1 Å². The molecule has 214 valence electrons. The van der Waals surface area contributed by atoms with Crippen molar-refractivity contribution >= 4 is 43.5 Å². The van der Waals surface area contributed by atoms with Gasteiger partial charge >= 0.3 is 0 Å². The Morgan fingerprint density at radius 3 is 2.30 bits per heavy atom. The minimum Gasteiger partial charge on any atom is -0.497 e. The zero-order valence-corrected chi connectivity index (χ0v) is 25.6. The van der Waals surface area contributed by atoms with Gasteiger partial charge in [-0.2, -0.15) is 0 Å². The van der Waals surface area contributed by atoms with E-state index >= 15 is 0 Å². The Bertz CT molecular complexity index is 1450. The number of carbonyl (C=O) groups is 2. The van der Waals surface area contributed by atoms with Crippen LogP contribution in [-0.2, 0) is 26.2 Å². The number of carbonyl (C=O) groups excluding carboxylic acids is 2. The van der Waals surface area contributed by atoms with Crippen molar-refractivity contribution in [2.45, 2.75) is 38.3 Å². The molecule has 0 aliphatic heterocycles. The van der Waals surface area contributed by atoms with Crippen molar-refractivity contribution in [1.82, 2.24) is 10.2 Å². The van der Waals surface area contributed by atoms with Crippen LogP contribution in [0.2, 0.25) is 0 Å². The van der Waals surface area contributed by atoms with Crippen LogP contribution in [-0.4, -0.2) is 58.5 Å². The lowest BCUT2D eigenvalue weighted by Gasteiger charge is -2.32. The lowest BCUT2D eigenvalue weighted by Crippen LogP contribution is -2.51. The molecule has 1 N–H and O–H groups in total. The number of aryl methyl sites for hydroxylation is 1. The fourth-order valence-corrected chi connectivity index (χ4v) is 6.18. The van der Waals surface area contributed by atoms with Crippen molar-refractivity contribution in [2.75, 3.05) is 31.6 Å². The number of amides is 2. The third kappa shape index (κ3) is 7.33. The van der Waals surface area contributed by atoms with Crippen LogP contribution in [0, 0.1) is 6.92 Å². The van der Waals surface area contributed by atoms with Crippen LogP contribution >= 0.6 is 15.9 Å². The molecule has 3 aromatic rings. The molecule has 0 radical (unpaired) electrons. The van der Waals surface area contributed by atoms with Gasteiger partial charge < -0.3 is 19.7 Å². The Morgan fingerprint density at radius 1 is 1.00 bits per heavy atom. The van der Waals surface area contributed by atoms with Crippen molar-refractivity contribution < 1.29 is 27.5 Å². The summed E-state index contributed by atoms with van der Waals surface area (Å²) in [5, 5.41) is 2.75. The van der Waals surface area contributed by atoms with Gasteiger partial charge in [-0.3, -0.25) is 13.9 Å². The minimum atomic E-state index is -4.20. The average molecular weight is 633 g/mol. The van der Waals surface area contributed by atoms with Gasteiger partial charge in [-0.25, -0.2) is 8.42 Å². The number of likely N-dealkylation sites (N-methyl/N-ethyl adjacent to an activating group) is 1. The van der Waals surface area contributed by atoms with Gasteiger partial charge in [-0.15, -0.1) is 0 Å². The molecule has 0 aliphatic rings. The Hall–Kier alpha value is -3.57. The molecule has 0 saturated carbocycles. The molecule has 0 heterocycles. The van der Waals surface area contributed by atoms with E-state index in [1.165, 1.54) is 24.1 Å². The zero-order chi connectivity index (χ0) is 29.4. The number of nitrogens with one attached hydrogen (secondary N) is 1. The van der Waals surface area contributed by atoms with E-state index in [0.29, 0.717) is 28.2 Å². The molecule has 1 atom stereocenters. The number of methoxy groups -OCH3 is 2. The summed E-state index contributed by atoms with van der Waals surface area (Å²) < 4.78 is 40.0. The Balaban J connectivity index is 2.05. The number of rotatable bonds is 12. The number of ether oxygens (including phenoxy) is 2. The van der Waals surface area contributed by atoms with Crippen LogP contribution in [0.1, 0.15) is 25.0 Å². The molecule has 0 aliphatic carbocycles. The largest absolute Gasteiger partial charge is 0.497 e. The molecule has 0 unspecified atom stereocenters. The smallest absolute Gasteiger partial charge is 0.264 e. The Kier molecular flexibility index (Phi) is 10.6. The van der Waals surface area contributed by atoms with Gasteiger partial charge in [0.2, 0.25) is 11.8 Å². The first-order valence-electron chi connectivity index (χ1n) is 12.6. The number of hydrogen-bond acceptors (Lipinski definition) is 6. The first kappa shape index (κ1) is 31.0. The van der Waals surface area contributed by atoms with E-state index in [2.05, 4.69) is 21.2 Å². The highest BCUT2D eigenvalue weighted by molar-refractivity contribution is 9.10. The maximum Gasteiger partial charge on any atom is 0.264 e. The maximum atomic E-state index is 14.0. The second-order valence-corrected chi connectivity index (χ2v) is 11.8. The third-order valence-electron chi connectivity index (χ3n) is 6.32. The van der Waals surface area contributed by atoms with Crippen LogP contribution in [0.25, 0.3) is 0 Å². The van der Waals surface area contributed by atoms with Crippen molar-refractivity contribution in [1.29, 1.82) is 0 Å². The van der Waals surface area contributed by atoms with Crippen molar-refractivity contribution in [3.05, 3.63) is 82.3 Å². The van der Waals surface area contributed by atoms with E-state index < -0.39 is 28.5 Å². The monoisotopic (exact) mass is 631 g/mol. The van der Waals surface area contributed by atoms with E-state index in [1.807, 2.05) is 13.0 Å². The highest BCUT2D eigenvalue weighted by Crippen LogP contribution is 2.31. The molecule has 0 spiro atoms. The van der Waals surface area contributed by atoms with Crippen LogP contribution in [0.5, 0.6) is 11.5 Å². The van der Waals surface area contributed by atoms with Crippen molar-refractivity contribution in [2.24, 2.45) is 0 Å². The summed E-state index contributed by atoms with van der Waals surface area (Å²) in [6.45, 7) is 5.23. The summed E-state index contributed by atoms with van der Waals surface area (Å²) in [6.07, 6.45) is 0. The first-order chi connectivity index (χ1) is 19.0. The molecule has 0 aromatic heterocycles. The highest BCUT2D eigenvalue weighted by Gasteiger charge is 2.32.